The van der Waals surface area contributed by atoms with Crippen molar-refractivity contribution in [3.63, 3.8) is 0 Å². The molecule has 0 aliphatic rings. The summed E-state index contributed by atoms with van der Waals surface area (Å²) in [7, 11) is 1.78. The largest absolute Gasteiger partial charge is 0.364 e. The third-order valence-electron chi connectivity index (χ3n) is 4.41. The number of aromatic nitrogens is 8. The number of amides is 1. The van der Waals surface area contributed by atoms with Crippen LogP contribution in [0.5, 0.6) is 0 Å². The Kier molecular flexibility index (Phi) is 4.35. The molecule has 0 aliphatic carbocycles. The first kappa shape index (κ1) is 17.8. The first-order valence-electron chi connectivity index (χ1n) is 8.78. The van der Waals surface area contributed by atoms with Gasteiger partial charge < -0.3 is 11.5 Å². The molecule has 4 aromatic rings. The molecular formula is C17H20N10O. The highest BCUT2D eigenvalue weighted by Gasteiger charge is 2.19. The molecule has 0 saturated heterocycles. The monoisotopic (exact) mass is 380 g/mol. The third kappa shape index (κ3) is 3.01. The Hall–Kier alpha value is -3.60. The van der Waals surface area contributed by atoms with Crippen molar-refractivity contribution in [2.75, 3.05) is 6.54 Å². The van der Waals surface area contributed by atoms with Gasteiger partial charge in [-0.2, -0.15) is 15.3 Å². The van der Waals surface area contributed by atoms with Crippen molar-refractivity contribution in [3.05, 3.63) is 29.7 Å². The topological polar surface area (TPSA) is 159 Å². The van der Waals surface area contributed by atoms with E-state index in [2.05, 4.69) is 30.4 Å². The van der Waals surface area contributed by atoms with Crippen LogP contribution in [0.3, 0.4) is 0 Å². The van der Waals surface area contributed by atoms with E-state index in [4.69, 9.17) is 11.5 Å². The SMILES string of the molecule is Cc1cc(-c2n[nH]c(-c3nc(C(N)=O)cc4c3cnn4C)n2)n(CCCN)n1. The molecule has 4 heterocycles. The number of carbonyl (C=O) groups is 1. The maximum atomic E-state index is 11.7. The minimum atomic E-state index is -0.625. The van der Waals surface area contributed by atoms with Crippen molar-refractivity contribution < 1.29 is 4.79 Å². The van der Waals surface area contributed by atoms with Crippen LogP contribution in [0.25, 0.3) is 33.9 Å². The fraction of sp³-hybridized carbons (Fsp3) is 0.294. The summed E-state index contributed by atoms with van der Waals surface area (Å²) in [6.07, 6.45) is 2.46. The average Bonchev–Trinajstić information content (AvgIpc) is 3.38. The highest BCUT2D eigenvalue weighted by atomic mass is 16.1. The summed E-state index contributed by atoms with van der Waals surface area (Å²) in [5.41, 5.74) is 14.0. The number of aromatic amines is 1. The first-order valence-corrected chi connectivity index (χ1v) is 8.78. The molecule has 0 fully saturated rings. The molecule has 0 unspecified atom stereocenters. The van der Waals surface area contributed by atoms with Gasteiger partial charge in [0.15, 0.2) is 11.6 Å². The number of nitrogens with one attached hydrogen (secondary N) is 1. The number of rotatable bonds is 6. The van der Waals surface area contributed by atoms with Crippen LogP contribution < -0.4 is 11.5 Å². The number of nitrogens with two attached hydrogens (primary N) is 2. The predicted molar refractivity (Wildman–Crippen MR) is 102 cm³/mol. The molecule has 0 aromatic carbocycles. The summed E-state index contributed by atoms with van der Waals surface area (Å²) >= 11 is 0. The zero-order valence-corrected chi connectivity index (χ0v) is 15.5. The molecular weight excluding hydrogens is 360 g/mol. The van der Waals surface area contributed by atoms with Crippen LogP contribution in [0.4, 0.5) is 0 Å². The number of pyridine rings is 1. The van der Waals surface area contributed by atoms with Gasteiger partial charge in [-0.05, 0) is 32.0 Å². The molecule has 0 atom stereocenters. The Bertz CT molecular complexity index is 1170. The van der Waals surface area contributed by atoms with Gasteiger partial charge in [-0.3, -0.25) is 19.3 Å². The standard InChI is InChI=1S/C17H20N10O/c1-9-6-13(27(25-9)5-3-4-18)16-22-17(24-23-16)14-10-8-20-26(2)12(10)7-11(21-14)15(19)28/h6-8H,3-5,18H2,1-2H3,(H2,19,28)(H,22,23,24). The Morgan fingerprint density at radius 1 is 1.29 bits per heavy atom. The summed E-state index contributed by atoms with van der Waals surface area (Å²) in [4.78, 5) is 20.6. The van der Waals surface area contributed by atoms with Gasteiger partial charge >= 0.3 is 0 Å². The second kappa shape index (κ2) is 6.85. The van der Waals surface area contributed by atoms with Crippen molar-refractivity contribution in [2.24, 2.45) is 18.5 Å². The minimum Gasteiger partial charge on any atom is -0.364 e. The Labute approximate surface area is 159 Å². The van der Waals surface area contributed by atoms with E-state index >= 15 is 0 Å². The molecule has 1 amide bonds. The maximum Gasteiger partial charge on any atom is 0.267 e. The second-order valence-corrected chi connectivity index (χ2v) is 6.47. The lowest BCUT2D eigenvalue weighted by Gasteiger charge is -2.03. The lowest BCUT2D eigenvalue weighted by molar-refractivity contribution is 0.0996. The number of carbonyl (C=O) groups excluding carboxylic acids is 1. The lowest BCUT2D eigenvalue weighted by Crippen LogP contribution is -2.13. The fourth-order valence-electron chi connectivity index (χ4n) is 3.07. The minimum absolute atomic E-state index is 0.132. The van der Waals surface area contributed by atoms with Gasteiger partial charge in [0.2, 0.25) is 0 Å². The Balaban J connectivity index is 1.81. The van der Waals surface area contributed by atoms with Gasteiger partial charge in [-0.25, -0.2) is 9.97 Å². The van der Waals surface area contributed by atoms with Gasteiger partial charge in [0.1, 0.15) is 17.1 Å². The smallest absolute Gasteiger partial charge is 0.267 e. The quantitative estimate of drug-likeness (QED) is 0.436. The summed E-state index contributed by atoms with van der Waals surface area (Å²) in [6.45, 7) is 3.15. The number of hydrogen-bond acceptors (Lipinski definition) is 7. The molecule has 11 heteroatoms. The zero-order chi connectivity index (χ0) is 19.8. The Morgan fingerprint density at radius 2 is 2.11 bits per heavy atom. The normalized spacial score (nSPS) is 11.4. The molecule has 144 valence electrons. The molecule has 0 aliphatic heterocycles. The number of nitrogens with zero attached hydrogens (tertiary/aromatic N) is 7. The molecule has 4 aromatic heterocycles. The van der Waals surface area contributed by atoms with Crippen molar-refractivity contribution in [1.29, 1.82) is 0 Å². The molecule has 4 rings (SSSR count). The van der Waals surface area contributed by atoms with Crippen LogP contribution in [0.2, 0.25) is 0 Å². The summed E-state index contributed by atoms with van der Waals surface area (Å²) in [5, 5.41) is 16.7. The van der Waals surface area contributed by atoms with Crippen molar-refractivity contribution in [2.45, 2.75) is 19.9 Å². The Morgan fingerprint density at radius 3 is 2.86 bits per heavy atom. The first-order chi connectivity index (χ1) is 13.5. The average molecular weight is 380 g/mol. The van der Waals surface area contributed by atoms with Gasteiger partial charge in [0, 0.05) is 19.0 Å². The molecule has 0 spiro atoms. The highest BCUT2D eigenvalue weighted by molar-refractivity contribution is 5.98. The van der Waals surface area contributed by atoms with E-state index in [1.165, 1.54) is 0 Å². The number of primary amides is 1. The number of H-pyrrole nitrogens is 1. The van der Waals surface area contributed by atoms with E-state index in [1.807, 2.05) is 17.7 Å². The summed E-state index contributed by atoms with van der Waals surface area (Å²) in [6, 6.07) is 3.52. The van der Waals surface area contributed by atoms with Gasteiger partial charge in [0.25, 0.3) is 5.91 Å². The van der Waals surface area contributed by atoms with E-state index < -0.39 is 5.91 Å². The number of fused-ring (bicyclic) bond motifs is 1. The van der Waals surface area contributed by atoms with Gasteiger partial charge in [0.05, 0.1) is 17.4 Å². The van der Waals surface area contributed by atoms with Gasteiger partial charge in [-0.15, -0.1) is 0 Å². The maximum absolute atomic E-state index is 11.7. The molecule has 0 radical (unpaired) electrons. The summed E-state index contributed by atoms with van der Waals surface area (Å²) < 4.78 is 3.48. The van der Waals surface area contributed by atoms with E-state index in [-0.39, 0.29) is 5.69 Å². The van der Waals surface area contributed by atoms with Gasteiger partial charge in [-0.1, -0.05) is 0 Å². The lowest BCUT2D eigenvalue weighted by atomic mass is 10.2. The molecule has 0 saturated carbocycles. The second-order valence-electron chi connectivity index (χ2n) is 6.47. The molecule has 28 heavy (non-hydrogen) atoms. The van der Waals surface area contributed by atoms with E-state index in [9.17, 15) is 4.79 Å². The van der Waals surface area contributed by atoms with Crippen molar-refractivity contribution >= 4 is 16.8 Å². The van der Waals surface area contributed by atoms with Crippen molar-refractivity contribution in [1.82, 2.24) is 39.7 Å². The molecule has 5 N–H and O–H groups in total. The number of aryl methyl sites for hydroxylation is 3. The van der Waals surface area contributed by atoms with Crippen LogP contribution in [0.15, 0.2) is 18.3 Å². The van der Waals surface area contributed by atoms with Crippen LogP contribution >= 0.6 is 0 Å². The third-order valence-corrected chi connectivity index (χ3v) is 4.41. The van der Waals surface area contributed by atoms with E-state index in [0.29, 0.717) is 30.4 Å². The summed E-state index contributed by atoms with van der Waals surface area (Å²) in [5.74, 6) is 0.274. The van der Waals surface area contributed by atoms with Crippen molar-refractivity contribution in [3.8, 4) is 23.0 Å². The molecule has 0 bridgehead atoms. The van der Waals surface area contributed by atoms with Crippen LogP contribution in [0.1, 0.15) is 22.6 Å². The molecule has 11 nitrogen and oxygen atoms in total. The van der Waals surface area contributed by atoms with Crippen LogP contribution in [-0.2, 0) is 13.6 Å². The fourth-order valence-corrected chi connectivity index (χ4v) is 3.07. The predicted octanol–water partition coefficient (Wildman–Crippen LogP) is 0.373. The number of hydrogen-bond donors (Lipinski definition) is 3. The van der Waals surface area contributed by atoms with E-state index in [1.54, 1.807) is 24.0 Å². The van der Waals surface area contributed by atoms with Crippen LogP contribution in [-0.4, -0.2) is 52.2 Å². The van der Waals surface area contributed by atoms with E-state index in [0.717, 1.165) is 28.7 Å². The zero-order valence-electron chi connectivity index (χ0n) is 15.5. The van der Waals surface area contributed by atoms with Crippen LogP contribution in [0, 0.1) is 6.92 Å². The highest BCUT2D eigenvalue weighted by Crippen LogP contribution is 2.27.